The summed E-state index contributed by atoms with van der Waals surface area (Å²) in [5, 5.41) is 0. The van der Waals surface area contributed by atoms with Gasteiger partial charge < -0.3 is 28.7 Å². The lowest BCUT2D eigenvalue weighted by Gasteiger charge is -2.34. The van der Waals surface area contributed by atoms with Crippen molar-refractivity contribution < 1.29 is 23.7 Å². The number of imidazole rings is 1. The van der Waals surface area contributed by atoms with E-state index in [4.69, 9.17) is 23.7 Å². The van der Waals surface area contributed by atoms with E-state index in [1.807, 2.05) is 126 Å². The third kappa shape index (κ3) is 8.86. The number of benzene rings is 4. The maximum Gasteiger partial charge on any atom is 0.279 e. The molecule has 0 saturated carbocycles. The molecule has 0 bridgehead atoms. The lowest BCUT2D eigenvalue weighted by molar-refractivity contribution is -0.184. The first-order valence-electron chi connectivity index (χ1n) is 17.3. The van der Waals surface area contributed by atoms with Gasteiger partial charge in [-0.1, -0.05) is 121 Å². The number of ether oxygens (including phenoxy) is 5. The fourth-order valence-electron chi connectivity index (χ4n) is 6.40. The second kappa shape index (κ2) is 16.8. The molecule has 1 saturated heterocycles. The number of fused-ring (bicyclic) bond motifs is 1. The van der Waals surface area contributed by atoms with Crippen LogP contribution in [0.5, 0.6) is 0 Å². The number of hydrogen-bond donors (Lipinski definition) is 1. The van der Waals surface area contributed by atoms with Gasteiger partial charge in [0.25, 0.3) is 5.56 Å². The minimum absolute atomic E-state index is 0.209. The van der Waals surface area contributed by atoms with Crippen LogP contribution in [0.1, 0.15) is 40.7 Å². The Hall–Kier alpha value is -4.97. The average Bonchev–Trinajstić information content (AvgIpc) is 3.53. The Balaban J connectivity index is 1.28. The first-order valence-corrected chi connectivity index (χ1v) is 17.3. The molecule has 5 atom stereocenters. The highest BCUT2D eigenvalue weighted by molar-refractivity contribution is 5.69. The van der Waals surface area contributed by atoms with Gasteiger partial charge in [0, 0.05) is 6.42 Å². The topological polar surface area (TPSA) is 110 Å². The molecule has 2 aromatic heterocycles. The van der Waals surface area contributed by atoms with Gasteiger partial charge in [0.15, 0.2) is 11.2 Å². The lowest BCUT2D eigenvalue weighted by Crippen LogP contribution is -2.48. The zero-order valence-electron chi connectivity index (χ0n) is 28.5. The van der Waals surface area contributed by atoms with Gasteiger partial charge in [-0.05, 0) is 29.2 Å². The molecule has 0 amide bonds. The standard InChI is InChI=1S/C41H42N4O6/c1-29-43-40-37(41(46)44-29)42-28-45(40)36-22-34(48-24-31-16-8-3-9-17-31)38(49-25-32-18-10-4-11-19-32)39(50-26-33-20-12-5-13-21-33)35(51-36)27-47-23-30-14-6-2-7-15-30/h2-21,28,34-36,38-39H,22-27H2,1H3,(H,43,44,46)/t34-,35+,36?,38+,39+/m0/s1. The van der Waals surface area contributed by atoms with E-state index in [0.29, 0.717) is 44.3 Å². The SMILES string of the molecule is Cc1nc2c(ncn2C2C[C@H](OCc3ccccc3)[C@@H](OCc3ccccc3)[C@H](OCc3ccccc3)[C@@H](COCc3ccccc3)O2)c(=O)[nH]1. The van der Waals surface area contributed by atoms with Crippen molar-refractivity contribution in [2.75, 3.05) is 6.61 Å². The molecule has 0 spiro atoms. The van der Waals surface area contributed by atoms with Gasteiger partial charge in [0.05, 0.1) is 45.5 Å². The molecule has 10 nitrogen and oxygen atoms in total. The Kier molecular flexibility index (Phi) is 11.4. The zero-order chi connectivity index (χ0) is 34.8. The fourth-order valence-corrected chi connectivity index (χ4v) is 6.40. The van der Waals surface area contributed by atoms with E-state index in [-0.39, 0.29) is 17.7 Å². The number of H-pyrrole nitrogens is 1. The Morgan fingerprint density at radius 2 is 1.22 bits per heavy atom. The maximum absolute atomic E-state index is 12.9. The molecule has 10 heteroatoms. The first-order chi connectivity index (χ1) is 25.1. The Morgan fingerprint density at radius 3 is 1.78 bits per heavy atom. The van der Waals surface area contributed by atoms with Crippen LogP contribution in [-0.4, -0.2) is 50.5 Å². The molecular formula is C41H42N4O6. The van der Waals surface area contributed by atoms with Gasteiger partial charge >= 0.3 is 0 Å². The van der Waals surface area contributed by atoms with Crippen molar-refractivity contribution in [3.05, 3.63) is 166 Å². The Labute approximate surface area is 297 Å². The van der Waals surface area contributed by atoms with Gasteiger partial charge in [-0.2, -0.15) is 0 Å². The van der Waals surface area contributed by atoms with E-state index >= 15 is 0 Å². The van der Waals surface area contributed by atoms with Crippen LogP contribution in [-0.2, 0) is 50.1 Å². The van der Waals surface area contributed by atoms with Crippen LogP contribution in [0.15, 0.2) is 132 Å². The van der Waals surface area contributed by atoms with Gasteiger partial charge in [0.1, 0.15) is 30.4 Å². The highest BCUT2D eigenvalue weighted by Crippen LogP contribution is 2.35. The number of aromatic amines is 1. The summed E-state index contributed by atoms with van der Waals surface area (Å²) in [6, 6.07) is 40.2. The van der Waals surface area contributed by atoms with E-state index < -0.39 is 30.6 Å². The maximum atomic E-state index is 12.9. The van der Waals surface area contributed by atoms with Gasteiger partial charge in [-0.15, -0.1) is 0 Å². The van der Waals surface area contributed by atoms with E-state index in [9.17, 15) is 4.79 Å². The first kappa shape index (κ1) is 34.5. The summed E-state index contributed by atoms with van der Waals surface area (Å²) in [6.07, 6.45) is -0.940. The normalized spacial score (nSPS) is 20.7. The van der Waals surface area contributed by atoms with Crippen molar-refractivity contribution in [2.24, 2.45) is 0 Å². The van der Waals surface area contributed by atoms with Crippen LogP contribution >= 0.6 is 0 Å². The van der Waals surface area contributed by atoms with Crippen LogP contribution in [0.4, 0.5) is 0 Å². The van der Waals surface area contributed by atoms with Crippen LogP contribution in [0.3, 0.4) is 0 Å². The van der Waals surface area contributed by atoms with Crippen LogP contribution < -0.4 is 5.56 Å². The second-order valence-corrected chi connectivity index (χ2v) is 12.7. The molecule has 3 heterocycles. The molecule has 1 aliphatic rings. The molecule has 1 aliphatic heterocycles. The predicted molar refractivity (Wildman–Crippen MR) is 193 cm³/mol. The van der Waals surface area contributed by atoms with Gasteiger partial charge in [-0.25, -0.2) is 9.97 Å². The molecule has 1 fully saturated rings. The van der Waals surface area contributed by atoms with Crippen molar-refractivity contribution in [1.82, 2.24) is 19.5 Å². The zero-order valence-corrected chi connectivity index (χ0v) is 28.5. The molecule has 7 rings (SSSR count). The largest absolute Gasteiger partial charge is 0.374 e. The molecule has 6 aromatic rings. The molecular weight excluding hydrogens is 644 g/mol. The van der Waals surface area contributed by atoms with Crippen molar-refractivity contribution >= 4 is 11.2 Å². The third-order valence-electron chi connectivity index (χ3n) is 8.95. The van der Waals surface area contributed by atoms with Crippen molar-refractivity contribution in [2.45, 2.75) is 70.4 Å². The fraction of sp³-hybridized carbons (Fsp3) is 0.293. The monoisotopic (exact) mass is 686 g/mol. The van der Waals surface area contributed by atoms with Gasteiger partial charge in [0.2, 0.25) is 0 Å². The molecule has 51 heavy (non-hydrogen) atoms. The Bertz CT molecular complexity index is 2010. The molecule has 0 aliphatic carbocycles. The minimum atomic E-state index is -0.636. The quantitative estimate of drug-likeness (QED) is 0.135. The van der Waals surface area contributed by atoms with Crippen molar-refractivity contribution in [1.29, 1.82) is 0 Å². The van der Waals surface area contributed by atoms with Crippen LogP contribution in [0, 0.1) is 6.92 Å². The van der Waals surface area contributed by atoms with E-state index in [1.54, 1.807) is 13.3 Å². The Morgan fingerprint density at radius 1 is 0.706 bits per heavy atom. The van der Waals surface area contributed by atoms with E-state index in [0.717, 1.165) is 22.3 Å². The number of aromatic nitrogens is 4. The number of nitrogens with zero attached hydrogens (tertiary/aromatic N) is 3. The second-order valence-electron chi connectivity index (χ2n) is 12.7. The number of rotatable bonds is 14. The lowest BCUT2D eigenvalue weighted by atomic mass is 10.0. The number of hydrogen-bond acceptors (Lipinski definition) is 8. The molecule has 0 radical (unpaired) electrons. The third-order valence-corrected chi connectivity index (χ3v) is 8.95. The smallest absolute Gasteiger partial charge is 0.279 e. The summed E-state index contributed by atoms with van der Waals surface area (Å²) in [7, 11) is 0. The summed E-state index contributed by atoms with van der Waals surface area (Å²) < 4.78 is 35.7. The van der Waals surface area contributed by atoms with Gasteiger partial charge in [-0.3, -0.25) is 9.36 Å². The summed E-state index contributed by atoms with van der Waals surface area (Å²) in [6.45, 7) is 3.37. The molecule has 4 aromatic carbocycles. The predicted octanol–water partition coefficient (Wildman–Crippen LogP) is 6.69. The molecule has 1 N–H and O–H groups in total. The number of nitrogens with one attached hydrogen (secondary N) is 1. The highest BCUT2D eigenvalue weighted by atomic mass is 16.6. The van der Waals surface area contributed by atoms with Crippen molar-refractivity contribution in [3.8, 4) is 0 Å². The summed E-state index contributed by atoms with van der Waals surface area (Å²) >= 11 is 0. The van der Waals surface area contributed by atoms with E-state index in [2.05, 4.69) is 15.0 Å². The highest BCUT2D eigenvalue weighted by Gasteiger charge is 2.45. The van der Waals surface area contributed by atoms with Crippen LogP contribution in [0.2, 0.25) is 0 Å². The summed E-state index contributed by atoms with van der Waals surface area (Å²) in [5.41, 5.74) is 4.48. The average molecular weight is 687 g/mol. The van der Waals surface area contributed by atoms with Crippen LogP contribution in [0.25, 0.3) is 11.2 Å². The summed E-state index contributed by atoms with van der Waals surface area (Å²) in [4.78, 5) is 24.7. The molecule has 1 unspecified atom stereocenters. The van der Waals surface area contributed by atoms with Crippen molar-refractivity contribution in [3.63, 3.8) is 0 Å². The summed E-state index contributed by atoms with van der Waals surface area (Å²) in [5.74, 6) is 0.482. The molecule has 262 valence electrons. The van der Waals surface area contributed by atoms with E-state index in [1.165, 1.54) is 0 Å². The number of aryl methyl sites for hydroxylation is 1. The minimum Gasteiger partial charge on any atom is -0.374 e.